The fraction of sp³-hybridized carbons (Fsp3) is 0.308. The first-order valence-corrected chi connectivity index (χ1v) is 7.23. The van der Waals surface area contributed by atoms with Crippen LogP contribution in [0, 0.1) is 5.92 Å². The van der Waals surface area contributed by atoms with Crippen molar-refractivity contribution < 1.29 is 14.7 Å². The molecule has 3 heterocycles. The van der Waals surface area contributed by atoms with Crippen LogP contribution in [0.4, 0.5) is 0 Å². The first-order valence-electron chi connectivity index (χ1n) is 6.35. The van der Waals surface area contributed by atoms with Crippen molar-refractivity contribution in [3.8, 4) is 10.7 Å². The van der Waals surface area contributed by atoms with Crippen molar-refractivity contribution in [2.75, 3.05) is 6.54 Å². The molecule has 8 heteroatoms. The molecule has 0 aromatic carbocycles. The average molecular weight is 304 g/mol. The molecule has 1 atom stereocenters. The van der Waals surface area contributed by atoms with Gasteiger partial charge in [0.2, 0.25) is 5.91 Å². The maximum absolute atomic E-state index is 11.8. The Morgan fingerprint density at radius 2 is 2.33 bits per heavy atom. The lowest BCUT2D eigenvalue weighted by atomic mass is 10.1. The fourth-order valence-corrected chi connectivity index (χ4v) is 2.96. The van der Waals surface area contributed by atoms with Crippen LogP contribution >= 0.6 is 11.3 Å². The molecule has 1 amide bonds. The van der Waals surface area contributed by atoms with Gasteiger partial charge in [-0.05, 0) is 0 Å². The van der Waals surface area contributed by atoms with Gasteiger partial charge in [0.1, 0.15) is 10.7 Å². The van der Waals surface area contributed by atoms with Crippen LogP contribution in [-0.4, -0.2) is 43.4 Å². The zero-order valence-corrected chi connectivity index (χ0v) is 11.8. The highest BCUT2D eigenvalue weighted by Crippen LogP contribution is 2.24. The third kappa shape index (κ3) is 2.89. The van der Waals surface area contributed by atoms with Crippen molar-refractivity contribution in [3.05, 3.63) is 29.7 Å². The molecule has 21 heavy (non-hydrogen) atoms. The average Bonchev–Trinajstić information content (AvgIpc) is 3.08. The van der Waals surface area contributed by atoms with Crippen molar-refractivity contribution in [2.24, 2.45) is 5.92 Å². The van der Waals surface area contributed by atoms with E-state index in [1.54, 1.807) is 18.6 Å². The lowest BCUT2D eigenvalue weighted by Gasteiger charge is -2.13. The molecular weight excluding hydrogens is 292 g/mol. The second kappa shape index (κ2) is 5.57. The third-order valence-corrected chi connectivity index (χ3v) is 4.16. The lowest BCUT2D eigenvalue weighted by molar-refractivity contribution is -0.141. The number of amides is 1. The molecule has 1 aliphatic heterocycles. The molecule has 7 nitrogen and oxygen atoms in total. The van der Waals surface area contributed by atoms with E-state index in [9.17, 15) is 9.59 Å². The van der Waals surface area contributed by atoms with E-state index in [2.05, 4.69) is 15.0 Å². The summed E-state index contributed by atoms with van der Waals surface area (Å²) in [5, 5.41) is 11.5. The number of aliphatic carboxylic acids is 1. The van der Waals surface area contributed by atoms with Gasteiger partial charge in [-0.2, -0.15) is 0 Å². The zero-order chi connectivity index (χ0) is 14.8. The van der Waals surface area contributed by atoms with E-state index in [1.807, 2.05) is 5.38 Å². The molecule has 1 saturated heterocycles. The third-order valence-electron chi connectivity index (χ3n) is 3.25. The maximum atomic E-state index is 11.8. The highest BCUT2D eigenvalue weighted by Gasteiger charge is 2.34. The minimum Gasteiger partial charge on any atom is -0.481 e. The Hall–Kier alpha value is -2.35. The number of rotatable bonds is 4. The van der Waals surface area contributed by atoms with Crippen LogP contribution in [0.3, 0.4) is 0 Å². The molecule has 0 radical (unpaired) electrons. The van der Waals surface area contributed by atoms with Gasteiger partial charge in [0.25, 0.3) is 0 Å². The predicted octanol–water partition coefficient (Wildman–Crippen LogP) is 1.03. The Balaban J connectivity index is 1.71. The van der Waals surface area contributed by atoms with Gasteiger partial charge < -0.3 is 10.0 Å². The minimum absolute atomic E-state index is 0.0660. The van der Waals surface area contributed by atoms with Crippen LogP contribution in [0.2, 0.25) is 0 Å². The monoisotopic (exact) mass is 304 g/mol. The van der Waals surface area contributed by atoms with Crippen LogP contribution in [0.1, 0.15) is 12.1 Å². The molecule has 2 aromatic heterocycles. The Morgan fingerprint density at radius 3 is 3.00 bits per heavy atom. The molecule has 1 aliphatic rings. The SMILES string of the molecule is O=C(O)[C@H]1CC(=O)N(Cc2csc(-c3cnccn3)n2)C1. The number of hydrogen-bond acceptors (Lipinski definition) is 6. The summed E-state index contributed by atoms with van der Waals surface area (Å²) < 4.78 is 0. The van der Waals surface area contributed by atoms with Gasteiger partial charge >= 0.3 is 5.97 Å². The summed E-state index contributed by atoms with van der Waals surface area (Å²) in [5.74, 6) is -1.68. The molecule has 3 rings (SSSR count). The van der Waals surface area contributed by atoms with E-state index in [0.29, 0.717) is 12.2 Å². The van der Waals surface area contributed by atoms with Crippen molar-refractivity contribution >= 4 is 23.2 Å². The number of hydrogen-bond donors (Lipinski definition) is 1. The fourth-order valence-electron chi connectivity index (χ4n) is 2.19. The summed E-state index contributed by atoms with van der Waals surface area (Å²) >= 11 is 1.43. The normalized spacial score (nSPS) is 18.2. The number of likely N-dealkylation sites (tertiary alicyclic amines) is 1. The van der Waals surface area contributed by atoms with Gasteiger partial charge in [-0.25, -0.2) is 4.98 Å². The number of aromatic nitrogens is 3. The number of carboxylic acid groups (broad SMARTS) is 1. The highest BCUT2D eigenvalue weighted by atomic mass is 32.1. The quantitative estimate of drug-likeness (QED) is 0.906. The van der Waals surface area contributed by atoms with Gasteiger partial charge in [-0.1, -0.05) is 0 Å². The summed E-state index contributed by atoms with van der Waals surface area (Å²) in [6.45, 7) is 0.575. The van der Waals surface area contributed by atoms with Crippen LogP contribution in [0.5, 0.6) is 0 Å². The zero-order valence-electron chi connectivity index (χ0n) is 11.0. The molecule has 0 saturated carbocycles. The summed E-state index contributed by atoms with van der Waals surface area (Å²) in [6, 6.07) is 0. The predicted molar refractivity (Wildman–Crippen MR) is 74.3 cm³/mol. The van der Waals surface area contributed by atoms with E-state index in [1.165, 1.54) is 16.2 Å². The van der Waals surface area contributed by atoms with Gasteiger partial charge in [0, 0.05) is 30.7 Å². The molecule has 0 spiro atoms. The molecule has 2 aromatic rings. The summed E-state index contributed by atoms with van der Waals surface area (Å²) in [7, 11) is 0. The van der Waals surface area contributed by atoms with Gasteiger partial charge in [-0.3, -0.25) is 19.6 Å². The van der Waals surface area contributed by atoms with E-state index in [-0.39, 0.29) is 18.9 Å². The minimum atomic E-state index is -0.927. The lowest BCUT2D eigenvalue weighted by Crippen LogP contribution is -2.25. The molecule has 1 fully saturated rings. The van der Waals surface area contributed by atoms with Crippen molar-refractivity contribution in [3.63, 3.8) is 0 Å². The Kier molecular flexibility index (Phi) is 3.61. The molecule has 0 aliphatic carbocycles. The number of carbonyl (C=O) groups is 2. The second-order valence-electron chi connectivity index (χ2n) is 4.75. The number of nitrogens with zero attached hydrogens (tertiary/aromatic N) is 4. The molecule has 0 unspecified atom stereocenters. The van der Waals surface area contributed by atoms with Crippen LogP contribution in [0.15, 0.2) is 24.0 Å². The number of carboxylic acids is 1. The van der Waals surface area contributed by atoms with E-state index in [0.717, 1.165) is 10.7 Å². The first-order chi connectivity index (χ1) is 10.1. The standard InChI is InChI=1S/C13H12N4O3S/c18-11-3-8(13(19)20)5-17(11)6-9-7-21-12(16-9)10-4-14-1-2-15-10/h1-2,4,7-8H,3,5-6H2,(H,19,20)/t8-/m0/s1. The van der Waals surface area contributed by atoms with Crippen LogP contribution < -0.4 is 0 Å². The van der Waals surface area contributed by atoms with Gasteiger partial charge in [-0.15, -0.1) is 11.3 Å². The van der Waals surface area contributed by atoms with Crippen molar-refractivity contribution in [2.45, 2.75) is 13.0 Å². The van der Waals surface area contributed by atoms with Crippen LogP contribution in [0.25, 0.3) is 10.7 Å². The van der Waals surface area contributed by atoms with Crippen molar-refractivity contribution in [1.82, 2.24) is 19.9 Å². The Morgan fingerprint density at radius 1 is 1.48 bits per heavy atom. The maximum Gasteiger partial charge on any atom is 0.308 e. The van der Waals surface area contributed by atoms with Crippen molar-refractivity contribution in [1.29, 1.82) is 0 Å². The van der Waals surface area contributed by atoms with E-state index < -0.39 is 11.9 Å². The van der Waals surface area contributed by atoms with E-state index in [4.69, 9.17) is 5.11 Å². The largest absolute Gasteiger partial charge is 0.481 e. The van der Waals surface area contributed by atoms with Gasteiger partial charge in [0.05, 0.1) is 24.4 Å². The molecule has 108 valence electrons. The van der Waals surface area contributed by atoms with Crippen LogP contribution in [-0.2, 0) is 16.1 Å². The molecule has 0 bridgehead atoms. The topological polar surface area (TPSA) is 96.3 Å². The summed E-state index contributed by atoms with van der Waals surface area (Å²) in [6.07, 6.45) is 4.88. The molecular formula is C13H12N4O3S. The second-order valence-corrected chi connectivity index (χ2v) is 5.61. The first kappa shape index (κ1) is 13.6. The highest BCUT2D eigenvalue weighted by molar-refractivity contribution is 7.13. The summed E-state index contributed by atoms with van der Waals surface area (Å²) in [4.78, 5) is 36.8. The van der Waals surface area contributed by atoms with Gasteiger partial charge in [0.15, 0.2) is 0 Å². The number of carbonyl (C=O) groups excluding carboxylic acids is 1. The summed E-state index contributed by atoms with van der Waals surface area (Å²) in [5.41, 5.74) is 1.42. The smallest absolute Gasteiger partial charge is 0.308 e. The molecule has 1 N–H and O–H groups in total. The number of thiazole rings is 1. The Labute approximate surface area is 124 Å². The van der Waals surface area contributed by atoms with E-state index >= 15 is 0 Å². The Bertz CT molecular complexity index is 673.